The molecule has 1 unspecified atom stereocenters. The van der Waals surface area contributed by atoms with Gasteiger partial charge < -0.3 is 4.74 Å². The van der Waals surface area contributed by atoms with Gasteiger partial charge in [0.2, 0.25) is 0 Å². The molecule has 0 aliphatic heterocycles. The molecular weight excluding hydrogens is 295 g/mol. The minimum absolute atomic E-state index is 0. The highest BCUT2D eigenvalue weighted by atomic mass is 35.5. The lowest BCUT2D eigenvalue weighted by Gasteiger charge is -1.93. The van der Waals surface area contributed by atoms with Crippen molar-refractivity contribution in [3.63, 3.8) is 0 Å². The van der Waals surface area contributed by atoms with Crippen molar-refractivity contribution in [2.75, 3.05) is 7.11 Å². The molecule has 0 aromatic carbocycles. The molecule has 1 atom stereocenters. The summed E-state index contributed by atoms with van der Waals surface area (Å²) in [6.45, 7) is 0. The van der Waals surface area contributed by atoms with Crippen LogP contribution in [0.2, 0.25) is 0 Å². The molecule has 0 amide bonds. The first-order chi connectivity index (χ1) is 7.69. The van der Waals surface area contributed by atoms with Crippen LogP contribution in [-0.2, 0) is 11.2 Å². The second-order valence-corrected chi connectivity index (χ2v) is 6.44. The smallest absolute Gasteiger partial charge is 0.348 e. The van der Waals surface area contributed by atoms with Crippen LogP contribution in [0.4, 0.5) is 0 Å². The van der Waals surface area contributed by atoms with Crippen LogP contribution >= 0.6 is 44.3 Å². The van der Waals surface area contributed by atoms with Crippen molar-refractivity contribution in [1.29, 1.82) is 0 Å². The lowest BCUT2D eigenvalue weighted by atomic mass is 10.2. The van der Waals surface area contributed by atoms with Gasteiger partial charge in [0.15, 0.2) is 0 Å². The Morgan fingerprint density at radius 3 is 2.82 bits per heavy atom. The highest BCUT2D eigenvalue weighted by Gasteiger charge is 2.09. The van der Waals surface area contributed by atoms with Gasteiger partial charge in [-0.2, -0.15) is 0 Å². The number of hydrogen-bond donors (Lipinski definition) is 0. The summed E-state index contributed by atoms with van der Waals surface area (Å²) in [5.41, 5.74) is 1.29. The lowest BCUT2D eigenvalue weighted by molar-refractivity contribution is 0.0606. The Bertz CT molecular complexity index is 507. The largest absolute Gasteiger partial charge is 0.465 e. The van der Waals surface area contributed by atoms with Gasteiger partial charge in [-0.3, -0.25) is 0 Å². The Morgan fingerprint density at radius 1 is 1.47 bits per heavy atom. The molecule has 0 N–H and O–H groups in total. The van der Waals surface area contributed by atoms with E-state index in [0.29, 0.717) is 4.88 Å². The fraction of sp³-hybridized carbons (Fsp3) is 0.182. The van der Waals surface area contributed by atoms with Gasteiger partial charge in [-0.15, -0.1) is 35.1 Å². The SMILES string of the molecule is COC(=O)c1ccc(Cc2csc(P)c2)s1.Cl. The summed E-state index contributed by atoms with van der Waals surface area (Å²) in [4.78, 5) is 13.1. The van der Waals surface area contributed by atoms with Crippen LogP contribution in [-0.4, -0.2) is 13.1 Å². The Labute approximate surface area is 117 Å². The van der Waals surface area contributed by atoms with Crippen molar-refractivity contribution < 1.29 is 9.53 Å². The van der Waals surface area contributed by atoms with E-state index >= 15 is 0 Å². The average Bonchev–Trinajstić information content (AvgIpc) is 2.87. The summed E-state index contributed by atoms with van der Waals surface area (Å²) in [5, 5.41) is 2.14. The van der Waals surface area contributed by atoms with Crippen molar-refractivity contribution >= 4 is 54.9 Å². The van der Waals surface area contributed by atoms with Crippen molar-refractivity contribution in [1.82, 2.24) is 0 Å². The molecule has 0 aliphatic carbocycles. The van der Waals surface area contributed by atoms with E-state index in [9.17, 15) is 4.79 Å². The summed E-state index contributed by atoms with van der Waals surface area (Å²) in [5.74, 6) is -0.256. The van der Waals surface area contributed by atoms with E-state index in [1.54, 1.807) is 11.3 Å². The van der Waals surface area contributed by atoms with Gasteiger partial charge >= 0.3 is 5.97 Å². The fourth-order valence-electron chi connectivity index (χ4n) is 1.37. The molecule has 6 heteroatoms. The number of methoxy groups -OCH3 is 1. The number of carbonyl (C=O) groups excluding carboxylic acids is 1. The van der Waals surface area contributed by atoms with Crippen LogP contribution in [0.5, 0.6) is 0 Å². The third kappa shape index (κ3) is 3.78. The maximum absolute atomic E-state index is 11.3. The summed E-state index contributed by atoms with van der Waals surface area (Å²) < 4.78 is 5.91. The molecule has 2 heterocycles. The van der Waals surface area contributed by atoms with E-state index in [1.165, 1.54) is 33.5 Å². The van der Waals surface area contributed by atoms with E-state index in [4.69, 9.17) is 0 Å². The molecule has 0 saturated carbocycles. The van der Waals surface area contributed by atoms with Gasteiger partial charge in [-0.05, 0) is 29.1 Å². The highest BCUT2D eigenvalue weighted by molar-refractivity contribution is 7.42. The number of thiophene rings is 2. The number of carbonyl (C=O) groups is 1. The van der Waals surface area contributed by atoms with Crippen LogP contribution in [0.1, 0.15) is 20.1 Å². The molecule has 0 spiro atoms. The number of halogens is 1. The van der Waals surface area contributed by atoms with E-state index in [-0.39, 0.29) is 18.4 Å². The highest BCUT2D eigenvalue weighted by Crippen LogP contribution is 2.21. The third-order valence-corrected chi connectivity index (χ3v) is 4.55. The molecule has 2 nitrogen and oxygen atoms in total. The second kappa shape index (κ2) is 6.50. The first-order valence-corrected chi connectivity index (χ1v) is 6.96. The van der Waals surface area contributed by atoms with E-state index in [2.05, 4.69) is 25.4 Å². The number of rotatable bonds is 3. The first kappa shape index (κ1) is 14.7. The Hall–Kier alpha value is -0.410. The number of ether oxygens (including phenoxy) is 1. The molecule has 92 valence electrons. The zero-order chi connectivity index (χ0) is 11.5. The molecule has 2 rings (SSSR count). The van der Waals surface area contributed by atoms with Gasteiger partial charge in [-0.1, -0.05) is 9.24 Å². The molecule has 17 heavy (non-hydrogen) atoms. The Balaban J connectivity index is 0.00000144. The zero-order valence-corrected chi connectivity index (χ0v) is 12.7. The van der Waals surface area contributed by atoms with Crippen LogP contribution in [0.15, 0.2) is 23.6 Å². The van der Waals surface area contributed by atoms with Crippen molar-refractivity contribution in [2.24, 2.45) is 0 Å². The lowest BCUT2D eigenvalue weighted by Crippen LogP contribution is -1.96. The molecule has 0 fully saturated rings. The quantitative estimate of drug-likeness (QED) is 0.643. The van der Waals surface area contributed by atoms with Crippen LogP contribution in [0.3, 0.4) is 0 Å². The van der Waals surface area contributed by atoms with Gasteiger partial charge in [0.1, 0.15) is 4.88 Å². The average molecular weight is 307 g/mol. The van der Waals surface area contributed by atoms with Gasteiger partial charge in [0.05, 0.1) is 7.11 Å². The summed E-state index contributed by atoms with van der Waals surface area (Å²) in [7, 11) is 4.10. The maximum atomic E-state index is 11.3. The minimum Gasteiger partial charge on any atom is -0.465 e. The van der Waals surface area contributed by atoms with E-state index in [0.717, 1.165) is 6.42 Å². The van der Waals surface area contributed by atoms with Gasteiger partial charge in [-0.25, -0.2) is 4.79 Å². The monoisotopic (exact) mass is 306 g/mol. The van der Waals surface area contributed by atoms with Crippen molar-refractivity contribution in [3.05, 3.63) is 38.9 Å². The second-order valence-electron chi connectivity index (χ2n) is 3.29. The van der Waals surface area contributed by atoms with Gasteiger partial charge in [0.25, 0.3) is 0 Å². The fourth-order valence-corrected chi connectivity index (χ4v) is 3.41. The molecule has 0 radical (unpaired) electrons. The Morgan fingerprint density at radius 2 is 2.24 bits per heavy atom. The van der Waals surface area contributed by atoms with Crippen molar-refractivity contribution in [2.45, 2.75) is 6.42 Å². The minimum atomic E-state index is -0.256. The van der Waals surface area contributed by atoms with Crippen LogP contribution in [0, 0.1) is 0 Å². The maximum Gasteiger partial charge on any atom is 0.348 e. The third-order valence-electron chi connectivity index (χ3n) is 2.10. The normalized spacial score (nSPS) is 9.76. The summed E-state index contributed by atoms with van der Waals surface area (Å²) in [6.07, 6.45) is 0.882. The summed E-state index contributed by atoms with van der Waals surface area (Å²) >= 11 is 3.21. The first-order valence-electron chi connectivity index (χ1n) is 4.69. The molecule has 0 aliphatic rings. The molecular formula is C11H12ClO2PS2. The predicted molar refractivity (Wildman–Crippen MR) is 79.4 cm³/mol. The summed E-state index contributed by atoms with van der Waals surface area (Å²) in [6, 6.07) is 5.95. The van der Waals surface area contributed by atoms with Crippen molar-refractivity contribution in [3.8, 4) is 0 Å². The Kier molecular flexibility index (Phi) is 5.60. The predicted octanol–water partition coefficient (Wildman–Crippen LogP) is 3.11. The number of hydrogen-bond acceptors (Lipinski definition) is 4. The van der Waals surface area contributed by atoms with E-state index in [1.807, 2.05) is 12.1 Å². The molecule has 2 aromatic rings. The van der Waals surface area contributed by atoms with E-state index < -0.39 is 0 Å². The molecule has 0 bridgehead atoms. The zero-order valence-electron chi connectivity index (χ0n) is 9.14. The molecule has 2 aromatic heterocycles. The number of esters is 1. The topological polar surface area (TPSA) is 26.3 Å². The van der Waals surface area contributed by atoms with Crippen LogP contribution < -0.4 is 4.62 Å². The molecule has 0 saturated heterocycles. The van der Waals surface area contributed by atoms with Gasteiger partial charge in [0, 0.05) is 15.9 Å². The standard InChI is InChI=1S/C11H11O2PS2.ClH/c1-13-11(12)9-3-2-8(16-9)4-7-5-10(14)15-6-7;/h2-3,5-6H,4,14H2,1H3;1H. The van der Waals surface area contributed by atoms with Crippen LogP contribution in [0.25, 0.3) is 0 Å².